The molecule has 0 bridgehead atoms. The van der Waals surface area contributed by atoms with Crippen molar-refractivity contribution in [2.75, 3.05) is 25.9 Å². The molecule has 0 spiro atoms. The van der Waals surface area contributed by atoms with Gasteiger partial charge in [-0.25, -0.2) is 19.0 Å². The van der Waals surface area contributed by atoms with Gasteiger partial charge in [0.15, 0.2) is 5.65 Å². The minimum Gasteiger partial charge on any atom is -0.496 e. The fraction of sp³-hybridized carbons (Fsp3) is 0.300. The zero-order chi connectivity index (χ0) is 29.5. The molecule has 1 fully saturated rings. The summed E-state index contributed by atoms with van der Waals surface area (Å²) in [5.74, 6) is -0.854. The second kappa shape index (κ2) is 13.0. The van der Waals surface area contributed by atoms with Gasteiger partial charge in [0.25, 0.3) is 5.91 Å². The van der Waals surface area contributed by atoms with Crippen LogP contribution in [0.1, 0.15) is 48.7 Å². The number of hydrogen-bond donors (Lipinski definition) is 2. The number of aromatic nitrogens is 4. The molecule has 2 amide bonds. The number of amides is 2. The normalized spacial score (nSPS) is 14.6. The Morgan fingerprint density at radius 1 is 1.20 bits per heavy atom. The highest BCUT2D eigenvalue weighted by Crippen LogP contribution is 2.34. The van der Waals surface area contributed by atoms with Crippen molar-refractivity contribution >= 4 is 28.7 Å². The Bertz CT molecular complexity index is 1550. The molecule has 0 radical (unpaired) electrons. The lowest BCUT2D eigenvalue weighted by molar-refractivity contribution is -0.127. The van der Waals surface area contributed by atoms with Gasteiger partial charge in [0.1, 0.15) is 35.0 Å². The number of hydrogen-bond acceptors (Lipinski definition) is 7. The second-order valence-electron chi connectivity index (χ2n) is 9.23. The van der Waals surface area contributed by atoms with Gasteiger partial charge >= 0.3 is 0 Å². The Kier molecular flexibility index (Phi) is 9.28. The summed E-state index contributed by atoms with van der Waals surface area (Å²) in [6.07, 6.45) is 4.41. The number of halogens is 1. The van der Waals surface area contributed by atoms with Gasteiger partial charge in [-0.15, -0.1) is 0 Å². The molecule has 41 heavy (non-hydrogen) atoms. The van der Waals surface area contributed by atoms with Gasteiger partial charge in [-0.3, -0.25) is 9.59 Å². The molecule has 0 saturated carbocycles. The summed E-state index contributed by atoms with van der Waals surface area (Å²) < 4.78 is 21.2. The van der Waals surface area contributed by atoms with Crippen LogP contribution >= 0.6 is 0 Å². The molecule has 0 aliphatic carbocycles. The van der Waals surface area contributed by atoms with Gasteiger partial charge in [0.2, 0.25) is 5.91 Å². The standard InChI is InChI=1S/C28H28FN7O3.C2H6/c1-3-22(37)35-13-5-6-19(15-35)36-27-24(26(30)32-16-33-27)25(34-36)18-11-9-17(10-12-18)14-31-28(38)23-20(29)7-4-8-21(23)39-2;1-2/h3-4,7-12,16,19H,1,5-6,13-15H2,2H3,(H,31,38)(H2,30,32,33);1-2H3. The average molecular weight is 560 g/mol. The monoisotopic (exact) mass is 559 g/mol. The summed E-state index contributed by atoms with van der Waals surface area (Å²) >= 11 is 0. The van der Waals surface area contributed by atoms with E-state index in [1.54, 1.807) is 4.90 Å². The summed E-state index contributed by atoms with van der Waals surface area (Å²) in [6, 6.07) is 11.6. The largest absolute Gasteiger partial charge is 0.496 e. The maximum Gasteiger partial charge on any atom is 0.258 e. The zero-order valence-corrected chi connectivity index (χ0v) is 23.4. The number of anilines is 1. The van der Waals surface area contributed by atoms with Crippen molar-refractivity contribution < 1.29 is 18.7 Å². The lowest BCUT2D eigenvalue weighted by atomic mass is 10.1. The number of nitrogen functional groups attached to an aromatic ring is 1. The van der Waals surface area contributed by atoms with Crippen molar-refractivity contribution in [3.8, 4) is 17.0 Å². The maximum absolute atomic E-state index is 14.2. The molecule has 1 atom stereocenters. The van der Waals surface area contributed by atoms with Gasteiger partial charge in [-0.05, 0) is 36.6 Å². The van der Waals surface area contributed by atoms with Gasteiger partial charge in [-0.2, -0.15) is 5.10 Å². The molecule has 1 aliphatic rings. The molecule has 11 heteroatoms. The third-order valence-electron chi connectivity index (χ3n) is 6.85. The van der Waals surface area contributed by atoms with E-state index in [4.69, 9.17) is 15.6 Å². The minimum absolute atomic E-state index is 0.0712. The van der Waals surface area contributed by atoms with E-state index in [1.165, 1.54) is 37.7 Å². The van der Waals surface area contributed by atoms with Crippen LogP contribution in [0.2, 0.25) is 0 Å². The summed E-state index contributed by atoms with van der Waals surface area (Å²) in [5, 5.41) is 8.25. The van der Waals surface area contributed by atoms with E-state index in [-0.39, 0.29) is 29.8 Å². The molecule has 10 nitrogen and oxygen atoms in total. The topological polar surface area (TPSA) is 128 Å². The fourth-order valence-electron chi connectivity index (χ4n) is 4.88. The number of likely N-dealkylation sites (tertiary alicyclic amines) is 1. The fourth-order valence-corrected chi connectivity index (χ4v) is 4.88. The van der Waals surface area contributed by atoms with Crippen LogP contribution in [0.15, 0.2) is 61.4 Å². The van der Waals surface area contributed by atoms with Crippen LogP contribution in [0.3, 0.4) is 0 Å². The Morgan fingerprint density at radius 3 is 2.66 bits per heavy atom. The number of rotatable bonds is 7. The van der Waals surface area contributed by atoms with Crippen molar-refractivity contribution in [2.45, 2.75) is 39.3 Å². The lowest BCUT2D eigenvalue weighted by Gasteiger charge is -2.32. The van der Waals surface area contributed by atoms with Gasteiger partial charge in [0, 0.05) is 25.2 Å². The number of nitrogens with two attached hydrogens (primary N) is 1. The van der Waals surface area contributed by atoms with Crippen molar-refractivity contribution in [2.24, 2.45) is 0 Å². The summed E-state index contributed by atoms with van der Waals surface area (Å²) in [7, 11) is 1.39. The molecule has 214 valence electrons. The van der Waals surface area contributed by atoms with Gasteiger partial charge < -0.3 is 20.7 Å². The molecule has 2 aromatic heterocycles. The van der Waals surface area contributed by atoms with E-state index in [0.29, 0.717) is 35.6 Å². The quantitative estimate of drug-likeness (QED) is 0.319. The Balaban J connectivity index is 0.00000189. The van der Waals surface area contributed by atoms with Crippen molar-refractivity contribution in [1.82, 2.24) is 30.0 Å². The first-order chi connectivity index (χ1) is 19.9. The first-order valence-electron chi connectivity index (χ1n) is 13.5. The number of carbonyl (C=O) groups is 2. The van der Waals surface area contributed by atoms with E-state index in [9.17, 15) is 14.0 Å². The highest BCUT2D eigenvalue weighted by Gasteiger charge is 2.28. The van der Waals surface area contributed by atoms with E-state index >= 15 is 0 Å². The number of benzene rings is 2. The third-order valence-corrected chi connectivity index (χ3v) is 6.85. The molecule has 3 heterocycles. The van der Waals surface area contributed by atoms with Crippen molar-refractivity contribution in [1.29, 1.82) is 0 Å². The van der Waals surface area contributed by atoms with E-state index in [2.05, 4.69) is 21.9 Å². The summed E-state index contributed by atoms with van der Waals surface area (Å²) in [5.41, 5.74) is 8.96. The SMILES string of the molecule is C=CC(=O)N1CCCC(n2nc(-c3ccc(CNC(=O)c4c(F)cccc4OC)cc3)c3c(N)ncnc32)C1.CC. The van der Waals surface area contributed by atoms with E-state index in [0.717, 1.165) is 24.0 Å². The maximum atomic E-state index is 14.2. The molecule has 2 aromatic carbocycles. The van der Waals surface area contributed by atoms with Crippen molar-refractivity contribution in [3.63, 3.8) is 0 Å². The number of fused-ring (bicyclic) bond motifs is 1. The molecular formula is C30H34FN7O3. The molecule has 3 N–H and O–H groups in total. The Hall–Kier alpha value is -4.80. The number of nitrogens with zero attached hydrogens (tertiary/aromatic N) is 5. The molecule has 1 aliphatic heterocycles. The lowest BCUT2D eigenvalue weighted by Crippen LogP contribution is -2.40. The van der Waals surface area contributed by atoms with Crippen LogP contribution in [0.4, 0.5) is 10.2 Å². The number of carbonyl (C=O) groups excluding carboxylic acids is 2. The number of piperidine rings is 1. The number of ether oxygens (including phenoxy) is 1. The van der Waals surface area contributed by atoms with Crippen LogP contribution in [0, 0.1) is 5.82 Å². The zero-order valence-electron chi connectivity index (χ0n) is 23.4. The predicted octanol–water partition coefficient (Wildman–Crippen LogP) is 4.53. The molecule has 1 unspecified atom stereocenters. The number of nitrogens with one attached hydrogen (secondary N) is 1. The van der Waals surface area contributed by atoms with Crippen LogP contribution in [0.25, 0.3) is 22.3 Å². The van der Waals surface area contributed by atoms with E-state index in [1.807, 2.05) is 42.8 Å². The first kappa shape index (κ1) is 29.2. The van der Waals surface area contributed by atoms with Crippen LogP contribution in [-0.4, -0.2) is 56.7 Å². The third kappa shape index (κ3) is 6.03. The molecule has 4 aromatic rings. The summed E-state index contributed by atoms with van der Waals surface area (Å²) in [4.78, 5) is 35.3. The smallest absolute Gasteiger partial charge is 0.258 e. The van der Waals surface area contributed by atoms with Crippen molar-refractivity contribution in [3.05, 3.63) is 78.4 Å². The van der Waals surface area contributed by atoms with Crippen LogP contribution in [0.5, 0.6) is 5.75 Å². The number of methoxy groups -OCH3 is 1. The summed E-state index contributed by atoms with van der Waals surface area (Å²) in [6.45, 7) is 8.96. The van der Waals surface area contributed by atoms with E-state index < -0.39 is 11.7 Å². The molecule has 5 rings (SSSR count). The van der Waals surface area contributed by atoms with Crippen LogP contribution in [-0.2, 0) is 11.3 Å². The molecule has 1 saturated heterocycles. The Labute approximate surface area is 238 Å². The first-order valence-corrected chi connectivity index (χ1v) is 13.5. The highest BCUT2D eigenvalue weighted by molar-refractivity contribution is 5.98. The minimum atomic E-state index is -0.653. The molecular weight excluding hydrogens is 525 g/mol. The Morgan fingerprint density at radius 2 is 1.95 bits per heavy atom. The second-order valence-corrected chi connectivity index (χ2v) is 9.23. The van der Waals surface area contributed by atoms with Crippen LogP contribution < -0.4 is 15.8 Å². The average Bonchev–Trinajstić information content (AvgIpc) is 3.41. The predicted molar refractivity (Wildman–Crippen MR) is 156 cm³/mol. The highest BCUT2D eigenvalue weighted by atomic mass is 19.1. The van der Waals surface area contributed by atoms with Gasteiger partial charge in [0.05, 0.1) is 18.5 Å². The van der Waals surface area contributed by atoms with Gasteiger partial charge in [-0.1, -0.05) is 50.8 Å².